The average Bonchev–Trinajstić information content (AvgIpc) is 2.47. The molecule has 0 atom stereocenters. The molecule has 0 radical (unpaired) electrons. The van der Waals surface area contributed by atoms with E-state index in [0.717, 1.165) is 23.7 Å². The first-order valence-corrected chi connectivity index (χ1v) is 9.81. The predicted octanol–water partition coefficient (Wildman–Crippen LogP) is 5.80. The smallest absolute Gasteiger partial charge is 0.106 e. The van der Waals surface area contributed by atoms with Crippen LogP contribution in [0.5, 0.6) is 0 Å². The van der Waals surface area contributed by atoms with Crippen LogP contribution in [0.2, 0.25) is 0 Å². The van der Waals surface area contributed by atoms with E-state index in [1.807, 2.05) is 6.79 Å². The Kier molecular flexibility index (Phi) is 15.2. The van der Waals surface area contributed by atoms with Crippen LogP contribution in [0, 0.1) is 23.7 Å². The number of rotatable bonds is 12. The summed E-state index contributed by atoms with van der Waals surface area (Å²) < 4.78 is 1.38. The molecule has 23 heavy (non-hydrogen) atoms. The zero-order valence-electron chi connectivity index (χ0n) is 17.5. The summed E-state index contributed by atoms with van der Waals surface area (Å²) in [5, 5.41) is 0. The lowest BCUT2D eigenvalue weighted by atomic mass is 10.0. The molecule has 0 aliphatic heterocycles. The van der Waals surface area contributed by atoms with Gasteiger partial charge in [0.1, 0.15) is 6.79 Å². The first kappa shape index (κ1) is 24.9. The third kappa shape index (κ3) is 14.9. The van der Waals surface area contributed by atoms with E-state index >= 15 is 0 Å². The second-order valence-corrected chi connectivity index (χ2v) is 8.97. The fourth-order valence-electron chi connectivity index (χ4n) is 2.80. The van der Waals surface area contributed by atoms with Gasteiger partial charge in [0.05, 0.1) is 26.2 Å². The molecule has 0 amide bonds. The van der Waals surface area contributed by atoms with Crippen molar-refractivity contribution in [3.63, 3.8) is 0 Å². The predicted molar refractivity (Wildman–Crippen MR) is 105 cm³/mol. The topological polar surface area (TPSA) is 17.1 Å². The SMILES string of the molecule is C=O.CC(C)CC[N+](CCC(C)C)(CCC(C)C)CCC(C)C. The monoisotopic (exact) mass is 328 g/mol. The van der Waals surface area contributed by atoms with E-state index in [9.17, 15) is 0 Å². The van der Waals surface area contributed by atoms with Crippen LogP contribution in [-0.4, -0.2) is 37.5 Å². The van der Waals surface area contributed by atoms with Gasteiger partial charge in [0.2, 0.25) is 0 Å². The van der Waals surface area contributed by atoms with Crippen LogP contribution in [0.25, 0.3) is 0 Å². The van der Waals surface area contributed by atoms with E-state index in [2.05, 4.69) is 55.4 Å². The molecule has 2 nitrogen and oxygen atoms in total. The van der Waals surface area contributed by atoms with Crippen LogP contribution in [0.4, 0.5) is 0 Å². The maximum Gasteiger partial charge on any atom is 0.106 e. The molecular formula is C21H46NO+. The molecule has 0 unspecified atom stereocenters. The summed E-state index contributed by atoms with van der Waals surface area (Å²) in [4.78, 5) is 8.00. The van der Waals surface area contributed by atoms with Gasteiger partial charge < -0.3 is 9.28 Å². The molecule has 0 aliphatic rings. The number of nitrogens with zero attached hydrogens (tertiary/aromatic N) is 1. The van der Waals surface area contributed by atoms with Gasteiger partial charge in [-0.05, 0) is 49.4 Å². The molecule has 2 heteroatoms. The molecule has 0 heterocycles. The largest absolute Gasteiger partial charge is 0.324 e. The molecule has 0 aromatic rings. The Labute approximate surface area is 147 Å². The summed E-state index contributed by atoms with van der Waals surface area (Å²) >= 11 is 0. The molecular weight excluding hydrogens is 282 g/mol. The van der Waals surface area contributed by atoms with Crippen molar-refractivity contribution in [1.29, 1.82) is 0 Å². The maximum atomic E-state index is 8.00. The molecule has 0 N–H and O–H groups in total. The lowest BCUT2D eigenvalue weighted by Gasteiger charge is -2.41. The zero-order valence-corrected chi connectivity index (χ0v) is 17.5. The number of carbonyl (C=O) groups excluding carboxylic acids is 1. The highest BCUT2D eigenvalue weighted by Crippen LogP contribution is 2.21. The average molecular weight is 329 g/mol. The van der Waals surface area contributed by atoms with E-state index < -0.39 is 0 Å². The Morgan fingerprint density at radius 1 is 0.522 bits per heavy atom. The standard InChI is InChI=1S/C20H44N.CH2O/c1-17(2)9-13-21(14-10-18(3)4,15-11-19(5)6)16-12-20(7)8;1-2/h17-20H,9-16H2,1-8H3;1H2/q+1;. The highest BCUT2D eigenvalue weighted by molar-refractivity contribution is 5.10. The first-order valence-electron chi connectivity index (χ1n) is 9.81. The lowest BCUT2D eigenvalue weighted by Crippen LogP contribution is -2.52. The van der Waals surface area contributed by atoms with E-state index in [1.54, 1.807) is 0 Å². The van der Waals surface area contributed by atoms with Crippen molar-refractivity contribution >= 4 is 6.79 Å². The van der Waals surface area contributed by atoms with E-state index in [4.69, 9.17) is 4.79 Å². The third-order valence-electron chi connectivity index (χ3n) is 4.72. The van der Waals surface area contributed by atoms with Crippen LogP contribution < -0.4 is 0 Å². The molecule has 0 saturated heterocycles. The Balaban J connectivity index is 0. The normalized spacial score (nSPS) is 12.2. The van der Waals surface area contributed by atoms with Gasteiger partial charge in [0.15, 0.2) is 0 Å². The van der Waals surface area contributed by atoms with Crippen molar-refractivity contribution in [2.75, 3.05) is 26.2 Å². The van der Waals surface area contributed by atoms with Gasteiger partial charge in [0, 0.05) is 0 Å². The minimum Gasteiger partial charge on any atom is -0.324 e. The summed E-state index contributed by atoms with van der Waals surface area (Å²) in [5.74, 6) is 3.33. The third-order valence-corrected chi connectivity index (χ3v) is 4.72. The fourth-order valence-corrected chi connectivity index (χ4v) is 2.80. The molecule has 0 aromatic heterocycles. The molecule has 140 valence electrons. The highest BCUT2D eigenvalue weighted by atomic mass is 16.1. The van der Waals surface area contributed by atoms with E-state index in [-0.39, 0.29) is 0 Å². The number of hydrogen-bond donors (Lipinski definition) is 0. The second kappa shape index (κ2) is 14.0. The quantitative estimate of drug-likeness (QED) is 0.414. The zero-order chi connectivity index (χ0) is 18.5. The molecule has 0 aromatic carbocycles. The van der Waals surface area contributed by atoms with Crippen LogP contribution in [0.15, 0.2) is 0 Å². The van der Waals surface area contributed by atoms with Crippen LogP contribution in [-0.2, 0) is 4.79 Å². The maximum absolute atomic E-state index is 8.00. The van der Waals surface area contributed by atoms with Gasteiger partial charge in [0.25, 0.3) is 0 Å². The Morgan fingerprint density at radius 2 is 0.696 bits per heavy atom. The van der Waals surface area contributed by atoms with Gasteiger partial charge >= 0.3 is 0 Å². The molecule has 0 bridgehead atoms. The Morgan fingerprint density at radius 3 is 0.826 bits per heavy atom. The van der Waals surface area contributed by atoms with E-state index in [1.165, 1.54) is 56.3 Å². The minimum absolute atomic E-state index is 0.833. The Bertz CT molecular complexity index is 205. The highest BCUT2D eigenvalue weighted by Gasteiger charge is 2.27. The second-order valence-electron chi connectivity index (χ2n) is 8.97. The van der Waals surface area contributed by atoms with Crippen LogP contribution in [0.3, 0.4) is 0 Å². The summed E-state index contributed by atoms with van der Waals surface area (Å²) in [5.41, 5.74) is 0. The molecule has 0 rings (SSSR count). The number of carbonyl (C=O) groups is 1. The molecule has 0 saturated carbocycles. The minimum atomic E-state index is 0.833. The van der Waals surface area contributed by atoms with Crippen molar-refractivity contribution < 1.29 is 9.28 Å². The summed E-state index contributed by atoms with van der Waals surface area (Å²) in [7, 11) is 0. The van der Waals surface area contributed by atoms with Gasteiger partial charge in [-0.3, -0.25) is 0 Å². The summed E-state index contributed by atoms with van der Waals surface area (Å²) in [6.45, 7) is 26.6. The van der Waals surface area contributed by atoms with Crippen molar-refractivity contribution in [2.24, 2.45) is 23.7 Å². The van der Waals surface area contributed by atoms with Crippen LogP contribution in [0.1, 0.15) is 81.1 Å². The summed E-state index contributed by atoms with van der Waals surface area (Å²) in [6, 6.07) is 0. The lowest BCUT2D eigenvalue weighted by molar-refractivity contribution is -0.930. The van der Waals surface area contributed by atoms with Gasteiger partial charge in [-0.1, -0.05) is 55.4 Å². The van der Waals surface area contributed by atoms with Crippen molar-refractivity contribution in [3.05, 3.63) is 0 Å². The summed E-state index contributed by atoms with van der Waals surface area (Å²) in [6.07, 6.45) is 5.53. The Hall–Kier alpha value is -0.370. The van der Waals surface area contributed by atoms with Crippen molar-refractivity contribution in [2.45, 2.75) is 81.1 Å². The van der Waals surface area contributed by atoms with Crippen molar-refractivity contribution in [1.82, 2.24) is 0 Å². The van der Waals surface area contributed by atoms with E-state index in [0.29, 0.717) is 0 Å². The number of quaternary nitrogens is 1. The van der Waals surface area contributed by atoms with Gasteiger partial charge in [-0.15, -0.1) is 0 Å². The molecule has 0 fully saturated rings. The molecule has 0 aliphatic carbocycles. The fraction of sp³-hybridized carbons (Fsp3) is 0.952. The van der Waals surface area contributed by atoms with Crippen LogP contribution >= 0.6 is 0 Å². The first-order chi connectivity index (χ1) is 10.7. The van der Waals surface area contributed by atoms with Crippen molar-refractivity contribution in [3.8, 4) is 0 Å². The van der Waals surface area contributed by atoms with Gasteiger partial charge in [-0.2, -0.15) is 0 Å². The number of hydrogen-bond acceptors (Lipinski definition) is 1. The van der Waals surface area contributed by atoms with Gasteiger partial charge in [-0.25, -0.2) is 0 Å². The molecule has 0 spiro atoms.